The molecule has 32 heavy (non-hydrogen) atoms. The smallest absolute Gasteiger partial charge is 0.243 e. The van der Waals surface area contributed by atoms with E-state index in [1.807, 2.05) is 12.3 Å². The first kappa shape index (κ1) is 23.7. The summed E-state index contributed by atoms with van der Waals surface area (Å²) in [7, 11) is -2.66. The van der Waals surface area contributed by atoms with E-state index in [1.165, 1.54) is 78.7 Å². The van der Waals surface area contributed by atoms with Crippen LogP contribution < -0.4 is 4.90 Å². The van der Waals surface area contributed by atoms with Crippen LogP contribution in [0.25, 0.3) is 0 Å². The lowest BCUT2D eigenvalue weighted by molar-refractivity contribution is -0.118. The standard InChI is InChI=1S/C22H22FN3O4S2/c1-15(27)17-4-10-21(11-5-17)32(29,30)25(3)13-22(28)26(12-19-14-31-16(2)24-19)20-8-6-18(23)7-9-20/h4-11,14H,12-13H2,1-3H3. The fraction of sp³-hybridized carbons (Fsp3) is 0.227. The van der Waals surface area contributed by atoms with Crippen LogP contribution in [0.4, 0.5) is 10.1 Å². The van der Waals surface area contributed by atoms with Crippen LogP contribution in [0.5, 0.6) is 0 Å². The molecule has 0 bridgehead atoms. The summed E-state index contributed by atoms with van der Waals surface area (Å²) in [5.41, 5.74) is 1.47. The second-order valence-electron chi connectivity index (χ2n) is 7.16. The highest BCUT2D eigenvalue weighted by atomic mass is 32.2. The predicted molar refractivity (Wildman–Crippen MR) is 121 cm³/mol. The SMILES string of the molecule is CC(=O)c1ccc(S(=O)(=O)N(C)CC(=O)N(Cc2csc(C)n2)c2ccc(F)cc2)cc1. The molecule has 0 saturated heterocycles. The highest BCUT2D eigenvalue weighted by Gasteiger charge is 2.26. The van der Waals surface area contributed by atoms with Crippen LogP contribution in [0, 0.1) is 12.7 Å². The molecule has 10 heteroatoms. The molecule has 0 fully saturated rings. The van der Waals surface area contributed by atoms with Gasteiger partial charge >= 0.3 is 0 Å². The topological polar surface area (TPSA) is 87.7 Å². The van der Waals surface area contributed by atoms with Crippen LogP contribution in [0.2, 0.25) is 0 Å². The predicted octanol–water partition coefficient (Wildman–Crippen LogP) is 3.65. The molecular weight excluding hydrogens is 453 g/mol. The average Bonchev–Trinajstić information content (AvgIpc) is 3.17. The van der Waals surface area contributed by atoms with Crippen molar-refractivity contribution in [2.75, 3.05) is 18.5 Å². The van der Waals surface area contributed by atoms with Crippen molar-refractivity contribution in [3.8, 4) is 0 Å². The van der Waals surface area contributed by atoms with Crippen molar-refractivity contribution in [2.24, 2.45) is 0 Å². The third-order valence-corrected chi connectivity index (χ3v) is 7.39. The minimum atomic E-state index is -3.97. The Morgan fingerprint density at radius 1 is 1.06 bits per heavy atom. The number of sulfonamides is 1. The van der Waals surface area contributed by atoms with Crippen molar-refractivity contribution >= 4 is 38.7 Å². The number of hydrogen-bond acceptors (Lipinski definition) is 6. The number of aromatic nitrogens is 1. The number of carbonyl (C=O) groups is 2. The molecule has 0 aliphatic heterocycles. The van der Waals surface area contributed by atoms with Gasteiger partial charge < -0.3 is 4.90 Å². The second kappa shape index (κ2) is 9.68. The van der Waals surface area contributed by atoms with Gasteiger partial charge in [0.25, 0.3) is 0 Å². The normalized spacial score (nSPS) is 11.5. The Morgan fingerprint density at radius 2 is 1.69 bits per heavy atom. The van der Waals surface area contributed by atoms with E-state index in [4.69, 9.17) is 0 Å². The molecule has 1 aromatic heterocycles. The van der Waals surface area contributed by atoms with Gasteiger partial charge in [-0.15, -0.1) is 11.3 Å². The van der Waals surface area contributed by atoms with Gasteiger partial charge in [0.1, 0.15) is 5.82 Å². The number of carbonyl (C=O) groups excluding carboxylic acids is 2. The van der Waals surface area contributed by atoms with Crippen LogP contribution in [-0.4, -0.2) is 43.0 Å². The lowest BCUT2D eigenvalue weighted by Crippen LogP contribution is -2.41. The Kier molecular flexibility index (Phi) is 7.17. The summed E-state index contributed by atoms with van der Waals surface area (Å²) in [5.74, 6) is -1.11. The van der Waals surface area contributed by atoms with Gasteiger partial charge in [0.05, 0.1) is 28.7 Å². The van der Waals surface area contributed by atoms with E-state index >= 15 is 0 Å². The van der Waals surface area contributed by atoms with E-state index in [0.29, 0.717) is 16.9 Å². The van der Waals surface area contributed by atoms with Gasteiger partial charge in [0, 0.05) is 23.7 Å². The number of halogens is 1. The Balaban J connectivity index is 1.83. The van der Waals surface area contributed by atoms with Crippen molar-refractivity contribution in [1.29, 1.82) is 0 Å². The number of amides is 1. The van der Waals surface area contributed by atoms with Crippen molar-refractivity contribution < 1.29 is 22.4 Å². The maximum absolute atomic E-state index is 13.4. The zero-order chi connectivity index (χ0) is 23.5. The largest absolute Gasteiger partial charge is 0.305 e. The number of benzene rings is 2. The van der Waals surface area contributed by atoms with Gasteiger partial charge in [-0.2, -0.15) is 4.31 Å². The van der Waals surface area contributed by atoms with E-state index in [2.05, 4.69) is 4.98 Å². The molecule has 0 aliphatic rings. The van der Waals surface area contributed by atoms with Crippen LogP contribution in [0.15, 0.2) is 58.8 Å². The zero-order valence-corrected chi connectivity index (χ0v) is 19.4. The number of ketones is 1. The summed E-state index contributed by atoms with van der Waals surface area (Å²) in [6, 6.07) is 10.9. The van der Waals surface area contributed by atoms with Crippen molar-refractivity contribution in [1.82, 2.24) is 9.29 Å². The Labute approximate surface area is 190 Å². The summed E-state index contributed by atoms with van der Waals surface area (Å²) in [5, 5.41) is 2.65. The maximum Gasteiger partial charge on any atom is 0.243 e. The van der Waals surface area contributed by atoms with Crippen LogP contribution >= 0.6 is 11.3 Å². The Bertz CT molecular complexity index is 1220. The van der Waals surface area contributed by atoms with Gasteiger partial charge in [-0.1, -0.05) is 12.1 Å². The van der Waals surface area contributed by atoms with Crippen LogP contribution in [0.3, 0.4) is 0 Å². The van der Waals surface area contributed by atoms with Crippen LogP contribution in [-0.2, 0) is 21.4 Å². The summed E-state index contributed by atoms with van der Waals surface area (Å²) in [4.78, 5) is 30.3. The number of aryl methyl sites for hydroxylation is 1. The number of thiazole rings is 1. The highest BCUT2D eigenvalue weighted by Crippen LogP contribution is 2.21. The zero-order valence-electron chi connectivity index (χ0n) is 17.8. The highest BCUT2D eigenvalue weighted by molar-refractivity contribution is 7.89. The minimum absolute atomic E-state index is 0.0266. The Morgan fingerprint density at radius 3 is 2.22 bits per heavy atom. The number of hydrogen-bond donors (Lipinski definition) is 0. The number of anilines is 1. The lowest BCUT2D eigenvalue weighted by Gasteiger charge is -2.25. The summed E-state index contributed by atoms with van der Waals surface area (Å²) in [6.07, 6.45) is 0. The minimum Gasteiger partial charge on any atom is -0.305 e. The summed E-state index contributed by atoms with van der Waals surface area (Å²) >= 11 is 1.43. The van der Waals surface area contributed by atoms with Gasteiger partial charge in [-0.3, -0.25) is 9.59 Å². The van der Waals surface area contributed by atoms with Crippen molar-refractivity contribution in [3.63, 3.8) is 0 Å². The molecule has 3 rings (SSSR count). The van der Waals surface area contributed by atoms with Crippen LogP contribution in [0.1, 0.15) is 28.0 Å². The molecule has 0 unspecified atom stereocenters. The molecule has 168 valence electrons. The Hall–Kier alpha value is -2.95. The fourth-order valence-corrected chi connectivity index (χ4v) is 4.71. The molecular formula is C22H22FN3O4S2. The number of likely N-dealkylation sites (N-methyl/N-ethyl adjacent to an activating group) is 1. The molecule has 1 amide bonds. The average molecular weight is 476 g/mol. The van der Waals surface area contributed by atoms with Crippen molar-refractivity contribution in [2.45, 2.75) is 25.3 Å². The van der Waals surface area contributed by atoms with E-state index in [0.717, 1.165) is 9.31 Å². The van der Waals surface area contributed by atoms with E-state index < -0.39 is 28.3 Å². The first-order valence-electron chi connectivity index (χ1n) is 9.62. The van der Waals surface area contributed by atoms with Gasteiger partial charge in [0.15, 0.2) is 5.78 Å². The van der Waals surface area contributed by atoms with Gasteiger partial charge in [-0.05, 0) is 50.2 Å². The molecule has 0 spiro atoms. The molecule has 2 aromatic carbocycles. The fourth-order valence-electron chi connectivity index (χ4n) is 2.99. The quantitative estimate of drug-likeness (QED) is 0.464. The van der Waals surface area contributed by atoms with Gasteiger partial charge in [-0.25, -0.2) is 17.8 Å². The number of nitrogens with zero attached hydrogens (tertiary/aromatic N) is 3. The molecule has 7 nitrogen and oxygen atoms in total. The van der Waals surface area contributed by atoms with E-state index in [1.54, 1.807) is 0 Å². The third kappa shape index (κ3) is 5.45. The molecule has 0 N–H and O–H groups in total. The molecule has 3 aromatic rings. The number of Topliss-reactive ketones (excluding diaryl/α,β-unsaturated/α-hetero) is 1. The molecule has 1 heterocycles. The lowest BCUT2D eigenvalue weighted by atomic mass is 10.2. The van der Waals surface area contributed by atoms with Crippen molar-refractivity contribution in [3.05, 3.63) is 76.0 Å². The molecule has 0 radical (unpaired) electrons. The first-order valence-corrected chi connectivity index (χ1v) is 11.9. The van der Waals surface area contributed by atoms with E-state index in [-0.39, 0.29) is 17.2 Å². The van der Waals surface area contributed by atoms with Gasteiger partial charge in [0.2, 0.25) is 15.9 Å². The second-order valence-corrected chi connectivity index (χ2v) is 10.3. The number of rotatable bonds is 8. The van der Waals surface area contributed by atoms with E-state index in [9.17, 15) is 22.4 Å². The monoisotopic (exact) mass is 475 g/mol. The molecule has 0 aliphatic carbocycles. The summed E-state index contributed by atoms with van der Waals surface area (Å²) < 4.78 is 40.2. The maximum atomic E-state index is 13.4. The molecule has 0 saturated carbocycles. The molecule has 0 atom stereocenters. The summed E-state index contributed by atoms with van der Waals surface area (Å²) in [6.45, 7) is 2.92. The first-order chi connectivity index (χ1) is 15.1. The third-order valence-electron chi connectivity index (χ3n) is 4.75.